The Morgan fingerprint density at radius 3 is 3.10 bits per heavy atom. The molecule has 2 heterocycles. The van der Waals surface area contributed by atoms with Crippen molar-refractivity contribution in [2.75, 3.05) is 25.1 Å². The van der Waals surface area contributed by atoms with Gasteiger partial charge < -0.3 is 20.1 Å². The molecule has 108 valence electrons. The van der Waals surface area contributed by atoms with Crippen LogP contribution in [0.5, 0.6) is 5.75 Å². The highest BCUT2D eigenvalue weighted by molar-refractivity contribution is 6.32. The first-order chi connectivity index (χ1) is 9.69. The smallest absolute Gasteiger partial charge is 0.246 e. The van der Waals surface area contributed by atoms with E-state index in [0.29, 0.717) is 30.5 Å². The van der Waals surface area contributed by atoms with Gasteiger partial charge in [-0.2, -0.15) is 0 Å². The average Bonchev–Trinajstić information content (AvgIpc) is 3.01. The lowest BCUT2D eigenvalue weighted by atomic mass is 10.1. The van der Waals surface area contributed by atoms with Gasteiger partial charge in [0, 0.05) is 23.7 Å². The van der Waals surface area contributed by atoms with Gasteiger partial charge in [-0.05, 0) is 12.6 Å². The normalized spacial score (nSPS) is 24.6. The Hall–Kier alpha value is -1.30. The molecular weight excluding hydrogens is 280 g/mol. The van der Waals surface area contributed by atoms with Gasteiger partial charge in [0.05, 0.1) is 18.2 Å². The third kappa shape index (κ3) is 2.49. The lowest BCUT2D eigenvalue weighted by Gasteiger charge is -2.15. The first-order valence-electron chi connectivity index (χ1n) is 6.81. The van der Waals surface area contributed by atoms with E-state index in [1.165, 1.54) is 0 Å². The van der Waals surface area contributed by atoms with Crippen molar-refractivity contribution >= 4 is 23.2 Å². The Morgan fingerprint density at radius 1 is 1.55 bits per heavy atom. The molecule has 6 heteroatoms. The maximum absolute atomic E-state index is 11.9. The van der Waals surface area contributed by atoms with Crippen LogP contribution in [0.15, 0.2) is 12.1 Å². The van der Waals surface area contributed by atoms with Crippen molar-refractivity contribution in [1.82, 2.24) is 5.32 Å². The van der Waals surface area contributed by atoms with Crippen LogP contribution in [-0.4, -0.2) is 31.8 Å². The Balaban J connectivity index is 1.85. The summed E-state index contributed by atoms with van der Waals surface area (Å²) in [6, 6.07) is 3.26. The second kappa shape index (κ2) is 5.60. The molecule has 2 N–H and O–H groups in total. The van der Waals surface area contributed by atoms with E-state index in [1.54, 1.807) is 12.1 Å². The molecule has 0 aliphatic carbocycles. The van der Waals surface area contributed by atoms with Gasteiger partial charge in [-0.25, -0.2) is 0 Å². The number of fused-ring (bicyclic) bond motifs is 1. The molecular formula is C14H17ClN2O3. The molecule has 1 aromatic rings. The standard InChI is InChI=1S/C14H17ClN2O3/c1-2-16-13-9-5-10(15)12(6-11(9)17-14(13)18)20-8-3-4-19-7-8/h5-6,8,13,16H,2-4,7H2,1H3,(H,17,18). The van der Waals surface area contributed by atoms with Crippen LogP contribution in [0.1, 0.15) is 24.9 Å². The van der Waals surface area contributed by atoms with Crippen molar-refractivity contribution < 1.29 is 14.3 Å². The predicted molar refractivity (Wildman–Crippen MR) is 76.4 cm³/mol. The first-order valence-corrected chi connectivity index (χ1v) is 7.19. The summed E-state index contributed by atoms with van der Waals surface area (Å²) in [6.07, 6.45) is 0.895. The molecule has 0 radical (unpaired) electrons. The van der Waals surface area contributed by atoms with Crippen LogP contribution in [0, 0.1) is 0 Å². The molecule has 2 atom stereocenters. The van der Waals surface area contributed by atoms with E-state index in [9.17, 15) is 4.79 Å². The minimum atomic E-state index is -0.337. The zero-order chi connectivity index (χ0) is 14.1. The van der Waals surface area contributed by atoms with E-state index in [2.05, 4.69) is 10.6 Å². The number of hydrogen-bond acceptors (Lipinski definition) is 4. The molecule has 20 heavy (non-hydrogen) atoms. The topological polar surface area (TPSA) is 59.6 Å². The summed E-state index contributed by atoms with van der Waals surface area (Å²) in [5, 5.41) is 6.52. The fourth-order valence-electron chi connectivity index (χ4n) is 2.54. The van der Waals surface area contributed by atoms with E-state index in [-0.39, 0.29) is 18.1 Å². The molecule has 2 aliphatic rings. The molecule has 0 bridgehead atoms. The summed E-state index contributed by atoms with van der Waals surface area (Å²) >= 11 is 6.27. The van der Waals surface area contributed by atoms with Gasteiger partial charge in [0.2, 0.25) is 5.91 Å². The van der Waals surface area contributed by atoms with E-state index in [4.69, 9.17) is 21.1 Å². The lowest BCUT2D eigenvalue weighted by molar-refractivity contribution is -0.117. The predicted octanol–water partition coefficient (Wildman–Crippen LogP) is 2.11. The lowest BCUT2D eigenvalue weighted by Crippen LogP contribution is -2.27. The number of carbonyl (C=O) groups is 1. The van der Waals surface area contributed by atoms with E-state index in [1.807, 2.05) is 6.92 Å². The van der Waals surface area contributed by atoms with E-state index < -0.39 is 0 Å². The van der Waals surface area contributed by atoms with Gasteiger partial charge in [-0.15, -0.1) is 0 Å². The Morgan fingerprint density at radius 2 is 2.40 bits per heavy atom. The summed E-state index contributed by atoms with van der Waals surface area (Å²) in [6.45, 7) is 3.98. The summed E-state index contributed by atoms with van der Waals surface area (Å²) in [7, 11) is 0. The second-order valence-electron chi connectivity index (χ2n) is 4.95. The van der Waals surface area contributed by atoms with Crippen LogP contribution in [0.2, 0.25) is 5.02 Å². The number of halogens is 1. The third-order valence-electron chi connectivity index (χ3n) is 3.52. The molecule has 3 rings (SSSR count). The van der Waals surface area contributed by atoms with Gasteiger partial charge >= 0.3 is 0 Å². The molecule has 0 saturated carbocycles. The molecule has 1 amide bonds. The fourth-order valence-corrected chi connectivity index (χ4v) is 2.76. The first kappa shape index (κ1) is 13.7. The van der Waals surface area contributed by atoms with Gasteiger partial charge in [-0.1, -0.05) is 18.5 Å². The molecule has 1 fully saturated rings. The summed E-state index contributed by atoms with van der Waals surface area (Å²) in [5.41, 5.74) is 1.64. The Kier molecular flexibility index (Phi) is 3.83. The highest BCUT2D eigenvalue weighted by atomic mass is 35.5. The zero-order valence-corrected chi connectivity index (χ0v) is 12.0. The minimum absolute atomic E-state index is 0.0345. The molecule has 1 aromatic carbocycles. The number of anilines is 1. The molecule has 5 nitrogen and oxygen atoms in total. The van der Waals surface area contributed by atoms with Crippen LogP contribution in [0.4, 0.5) is 5.69 Å². The second-order valence-corrected chi connectivity index (χ2v) is 5.36. The van der Waals surface area contributed by atoms with Crippen molar-refractivity contribution in [2.24, 2.45) is 0 Å². The van der Waals surface area contributed by atoms with Crippen molar-refractivity contribution in [2.45, 2.75) is 25.5 Å². The van der Waals surface area contributed by atoms with Crippen LogP contribution >= 0.6 is 11.6 Å². The molecule has 2 unspecified atom stereocenters. The molecule has 2 aliphatic heterocycles. The van der Waals surface area contributed by atoms with Gasteiger partial charge in [0.25, 0.3) is 0 Å². The van der Waals surface area contributed by atoms with E-state index >= 15 is 0 Å². The molecule has 0 spiro atoms. The largest absolute Gasteiger partial charge is 0.486 e. The number of hydrogen-bond donors (Lipinski definition) is 2. The van der Waals surface area contributed by atoms with Crippen molar-refractivity contribution in [3.63, 3.8) is 0 Å². The minimum Gasteiger partial charge on any atom is -0.486 e. The van der Waals surface area contributed by atoms with Crippen molar-refractivity contribution in [1.29, 1.82) is 0 Å². The number of amides is 1. The number of likely N-dealkylation sites (N-methyl/N-ethyl adjacent to an activating group) is 1. The molecule has 0 aromatic heterocycles. The molecule has 1 saturated heterocycles. The highest BCUT2D eigenvalue weighted by Crippen LogP contribution is 2.39. The van der Waals surface area contributed by atoms with Crippen LogP contribution in [0.25, 0.3) is 0 Å². The fraction of sp³-hybridized carbons (Fsp3) is 0.500. The number of benzene rings is 1. The highest BCUT2D eigenvalue weighted by Gasteiger charge is 2.31. The SMILES string of the molecule is CCNC1C(=O)Nc2cc(OC3CCOC3)c(Cl)cc21. The monoisotopic (exact) mass is 296 g/mol. The number of nitrogens with one attached hydrogen (secondary N) is 2. The van der Waals surface area contributed by atoms with Gasteiger partial charge in [-0.3, -0.25) is 4.79 Å². The zero-order valence-electron chi connectivity index (χ0n) is 11.2. The number of ether oxygens (including phenoxy) is 2. The van der Waals surface area contributed by atoms with E-state index in [0.717, 1.165) is 17.7 Å². The Bertz CT molecular complexity index is 529. The van der Waals surface area contributed by atoms with Gasteiger partial charge in [0.15, 0.2) is 0 Å². The maximum atomic E-state index is 11.9. The van der Waals surface area contributed by atoms with Crippen molar-refractivity contribution in [3.8, 4) is 5.75 Å². The maximum Gasteiger partial charge on any atom is 0.246 e. The summed E-state index contributed by atoms with van der Waals surface area (Å²) in [4.78, 5) is 11.9. The summed E-state index contributed by atoms with van der Waals surface area (Å²) < 4.78 is 11.1. The third-order valence-corrected chi connectivity index (χ3v) is 3.82. The number of rotatable bonds is 4. The van der Waals surface area contributed by atoms with Crippen molar-refractivity contribution in [3.05, 3.63) is 22.7 Å². The average molecular weight is 297 g/mol. The quantitative estimate of drug-likeness (QED) is 0.893. The Labute approximate surface area is 122 Å². The van der Waals surface area contributed by atoms with Crippen LogP contribution < -0.4 is 15.4 Å². The number of carbonyl (C=O) groups excluding carboxylic acids is 1. The van der Waals surface area contributed by atoms with Crippen LogP contribution in [-0.2, 0) is 9.53 Å². The van der Waals surface area contributed by atoms with Gasteiger partial charge in [0.1, 0.15) is 17.9 Å². The van der Waals surface area contributed by atoms with Crippen LogP contribution in [0.3, 0.4) is 0 Å². The summed E-state index contributed by atoms with van der Waals surface area (Å²) in [5.74, 6) is 0.539.